The van der Waals surface area contributed by atoms with Gasteiger partial charge >= 0.3 is 12.0 Å². The zero-order chi connectivity index (χ0) is 25.8. The molecule has 5 aromatic rings. The molecule has 5 rings (SSSR count). The Morgan fingerprint density at radius 1 is 0.892 bits per heavy atom. The molecule has 0 aliphatic heterocycles. The fourth-order valence-corrected chi connectivity index (χ4v) is 5.13. The number of urea groups is 1. The molecule has 3 aromatic carbocycles. The van der Waals surface area contributed by atoms with Crippen LogP contribution < -0.4 is 10.6 Å². The van der Waals surface area contributed by atoms with E-state index < -0.39 is 5.97 Å². The number of carboxylic acids is 1. The van der Waals surface area contributed by atoms with E-state index in [0.29, 0.717) is 12.1 Å². The maximum absolute atomic E-state index is 12.4. The normalized spacial score (nSPS) is 10.8. The van der Waals surface area contributed by atoms with Crippen molar-refractivity contribution in [1.29, 1.82) is 0 Å². The number of amides is 2. The van der Waals surface area contributed by atoms with E-state index in [1.54, 1.807) is 17.7 Å². The summed E-state index contributed by atoms with van der Waals surface area (Å²) in [6, 6.07) is 22.8. The maximum atomic E-state index is 12.4. The lowest BCUT2D eigenvalue weighted by Crippen LogP contribution is -2.19. The van der Waals surface area contributed by atoms with E-state index >= 15 is 0 Å². The number of nitrogens with one attached hydrogen (secondary N) is 2. The molecule has 0 aliphatic carbocycles. The molecule has 0 unspecified atom stereocenters. The van der Waals surface area contributed by atoms with Gasteiger partial charge in [-0.15, -0.1) is 11.3 Å². The predicted molar refractivity (Wildman–Crippen MR) is 148 cm³/mol. The molecule has 2 heterocycles. The van der Waals surface area contributed by atoms with E-state index in [2.05, 4.69) is 26.0 Å². The largest absolute Gasteiger partial charge is 0.481 e. The minimum Gasteiger partial charge on any atom is -0.481 e. The average molecular weight is 509 g/mol. The summed E-state index contributed by atoms with van der Waals surface area (Å²) in [6.07, 6.45) is 2.18. The third-order valence-corrected chi connectivity index (χ3v) is 6.91. The Kier molecular flexibility index (Phi) is 6.91. The molecule has 37 heavy (non-hydrogen) atoms. The second kappa shape index (κ2) is 10.6. The van der Waals surface area contributed by atoms with Crippen LogP contribution in [0.5, 0.6) is 0 Å². The van der Waals surface area contributed by atoms with Crippen LogP contribution in [0.15, 0.2) is 84.5 Å². The SMILES string of the molecule is Cc1cccc(NC(=O)Nc2ccc(-c3ncnc4c(-c5ccc(CCC(=O)O)cc5)csc34)cc2)c1. The Balaban J connectivity index is 1.33. The third-order valence-electron chi connectivity index (χ3n) is 5.94. The summed E-state index contributed by atoms with van der Waals surface area (Å²) >= 11 is 1.58. The summed E-state index contributed by atoms with van der Waals surface area (Å²) in [4.78, 5) is 32.3. The summed E-state index contributed by atoms with van der Waals surface area (Å²) < 4.78 is 0.977. The molecular formula is C29H24N4O3S. The first-order chi connectivity index (χ1) is 18.0. The first-order valence-corrected chi connectivity index (χ1v) is 12.6. The fraction of sp³-hybridized carbons (Fsp3) is 0.103. The average Bonchev–Trinajstić information content (AvgIpc) is 3.33. The Morgan fingerprint density at radius 2 is 1.62 bits per heavy atom. The van der Waals surface area contributed by atoms with Gasteiger partial charge in [-0.05, 0) is 54.3 Å². The van der Waals surface area contributed by atoms with Gasteiger partial charge in [-0.3, -0.25) is 4.79 Å². The Labute approximate surface area is 217 Å². The van der Waals surface area contributed by atoms with Gasteiger partial charge in [0, 0.05) is 34.3 Å². The van der Waals surface area contributed by atoms with Crippen molar-refractivity contribution in [3.63, 3.8) is 0 Å². The smallest absolute Gasteiger partial charge is 0.323 e. The highest BCUT2D eigenvalue weighted by atomic mass is 32.1. The van der Waals surface area contributed by atoms with Crippen molar-refractivity contribution in [1.82, 2.24) is 9.97 Å². The number of carboxylic acid groups (broad SMARTS) is 1. The summed E-state index contributed by atoms with van der Waals surface area (Å²) in [5.41, 5.74) is 8.13. The number of hydrogen-bond donors (Lipinski definition) is 3. The standard InChI is InChI=1S/C29H24N4O3S/c1-18-3-2-4-23(15-18)33-29(36)32-22-12-10-21(11-13-22)26-28-27(31-17-30-26)24(16-37-28)20-8-5-19(6-9-20)7-14-25(34)35/h2-6,8-13,15-17H,7,14H2,1H3,(H,34,35)(H2,32,33,36). The molecule has 0 saturated heterocycles. The molecule has 184 valence electrons. The summed E-state index contributed by atoms with van der Waals surface area (Å²) in [5, 5.41) is 16.7. The van der Waals surface area contributed by atoms with Crippen LogP contribution in [0.1, 0.15) is 17.5 Å². The van der Waals surface area contributed by atoms with Crippen molar-refractivity contribution in [3.05, 3.63) is 95.6 Å². The molecule has 0 spiro atoms. The third kappa shape index (κ3) is 5.65. The number of carbonyl (C=O) groups is 2. The van der Waals surface area contributed by atoms with Crippen molar-refractivity contribution in [2.75, 3.05) is 10.6 Å². The van der Waals surface area contributed by atoms with Gasteiger partial charge in [-0.25, -0.2) is 14.8 Å². The highest BCUT2D eigenvalue weighted by molar-refractivity contribution is 7.18. The van der Waals surface area contributed by atoms with Crippen molar-refractivity contribution >= 4 is 44.9 Å². The lowest BCUT2D eigenvalue weighted by Gasteiger charge is -2.09. The number of benzene rings is 3. The quantitative estimate of drug-likeness (QED) is 0.220. The Bertz CT molecular complexity index is 1580. The summed E-state index contributed by atoms with van der Waals surface area (Å²) in [6.45, 7) is 1.98. The molecule has 8 heteroatoms. The topological polar surface area (TPSA) is 104 Å². The number of carbonyl (C=O) groups excluding carboxylic acids is 1. The molecular weight excluding hydrogens is 484 g/mol. The number of hydrogen-bond acceptors (Lipinski definition) is 5. The lowest BCUT2D eigenvalue weighted by atomic mass is 10.0. The van der Waals surface area contributed by atoms with Crippen LogP contribution in [0, 0.1) is 6.92 Å². The van der Waals surface area contributed by atoms with Crippen LogP contribution in [-0.4, -0.2) is 27.1 Å². The van der Waals surface area contributed by atoms with Crippen molar-refractivity contribution in [2.45, 2.75) is 19.8 Å². The van der Waals surface area contributed by atoms with Crippen LogP contribution in [0.4, 0.5) is 16.2 Å². The van der Waals surface area contributed by atoms with E-state index in [0.717, 1.165) is 49.4 Å². The van der Waals surface area contributed by atoms with Gasteiger partial charge in [0.05, 0.1) is 15.9 Å². The first-order valence-electron chi connectivity index (χ1n) is 11.7. The second-order valence-corrected chi connectivity index (χ2v) is 9.55. The van der Waals surface area contributed by atoms with Gasteiger partial charge in [-0.2, -0.15) is 0 Å². The number of thiophene rings is 1. The number of rotatable bonds is 7. The monoisotopic (exact) mass is 508 g/mol. The molecule has 0 aliphatic rings. The highest BCUT2D eigenvalue weighted by Crippen LogP contribution is 2.37. The van der Waals surface area contributed by atoms with Crippen molar-refractivity contribution in [3.8, 4) is 22.4 Å². The van der Waals surface area contributed by atoms with Gasteiger partial charge in [0.2, 0.25) is 0 Å². The number of aromatic nitrogens is 2. The molecule has 0 atom stereocenters. The molecule has 0 fully saturated rings. The fourth-order valence-electron chi connectivity index (χ4n) is 4.09. The number of aryl methyl sites for hydroxylation is 2. The van der Waals surface area contributed by atoms with E-state index in [1.165, 1.54) is 0 Å². The van der Waals surface area contributed by atoms with Crippen molar-refractivity contribution < 1.29 is 14.7 Å². The number of nitrogens with zero attached hydrogens (tertiary/aromatic N) is 2. The van der Waals surface area contributed by atoms with Gasteiger partial charge in [0.15, 0.2) is 0 Å². The van der Waals surface area contributed by atoms with Crippen LogP contribution in [-0.2, 0) is 11.2 Å². The van der Waals surface area contributed by atoms with Gasteiger partial charge < -0.3 is 15.7 Å². The maximum Gasteiger partial charge on any atom is 0.323 e. The minimum atomic E-state index is -0.800. The Morgan fingerprint density at radius 3 is 2.35 bits per heavy atom. The zero-order valence-corrected chi connectivity index (χ0v) is 20.9. The van der Waals surface area contributed by atoms with E-state index in [4.69, 9.17) is 5.11 Å². The highest BCUT2D eigenvalue weighted by Gasteiger charge is 2.14. The summed E-state index contributed by atoms with van der Waals surface area (Å²) in [7, 11) is 0. The molecule has 2 amide bonds. The second-order valence-electron chi connectivity index (χ2n) is 8.67. The predicted octanol–water partition coefficient (Wildman–Crippen LogP) is 6.99. The number of anilines is 2. The Hall–Kier alpha value is -4.56. The van der Waals surface area contributed by atoms with Crippen LogP contribution in [0.25, 0.3) is 32.6 Å². The first kappa shape index (κ1) is 24.1. The van der Waals surface area contributed by atoms with Gasteiger partial charge in [-0.1, -0.05) is 48.5 Å². The zero-order valence-electron chi connectivity index (χ0n) is 20.1. The number of aliphatic carboxylic acids is 1. The number of fused-ring (bicyclic) bond motifs is 1. The van der Waals surface area contributed by atoms with Crippen LogP contribution in [0.3, 0.4) is 0 Å². The lowest BCUT2D eigenvalue weighted by molar-refractivity contribution is -0.136. The molecule has 7 nitrogen and oxygen atoms in total. The molecule has 0 radical (unpaired) electrons. The molecule has 3 N–H and O–H groups in total. The van der Waals surface area contributed by atoms with E-state index in [9.17, 15) is 9.59 Å². The summed E-state index contributed by atoms with van der Waals surface area (Å²) in [5.74, 6) is -0.800. The van der Waals surface area contributed by atoms with Gasteiger partial charge in [0.25, 0.3) is 0 Å². The van der Waals surface area contributed by atoms with E-state index in [-0.39, 0.29) is 12.5 Å². The van der Waals surface area contributed by atoms with Gasteiger partial charge in [0.1, 0.15) is 6.33 Å². The molecule has 2 aromatic heterocycles. The molecule has 0 bridgehead atoms. The van der Waals surface area contributed by atoms with E-state index in [1.807, 2.05) is 79.7 Å². The van der Waals surface area contributed by atoms with Crippen LogP contribution in [0.2, 0.25) is 0 Å². The van der Waals surface area contributed by atoms with Crippen LogP contribution >= 0.6 is 11.3 Å². The molecule has 0 saturated carbocycles. The van der Waals surface area contributed by atoms with Crippen molar-refractivity contribution in [2.24, 2.45) is 0 Å². The minimum absolute atomic E-state index is 0.114.